The molecular formula is C18H24N2S2. The van der Waals surface area contributed by atoms with Gasteiger partial charge in [0.05, 0.1) is 4.75 Å². The molecule has 0 saturated heterocycles. The maximum Gasteiger partial charge on any atom is 0.0537 e. The van der Waals surface area contributed by atoms with E-state index in [0.29, 0.717) is 0 Å². The summed E-state index contributed by atoms with van der Waals surface area (Å²) in [4.78, 5) is 8.86. The zero-order chi connectivity index (χ0) is 16.4. The number of rotatable bonds is 4. The fourth-order valence-corrected chi connectivity index (χ4v) is 3.65. The summed E-state index contributed by atoms with van der Waals surface area (Å²) >= 11 is 4.51. The van der Waals surface area contributed by atoms with Crippen molar-refractivity contribution >= 4 is 22.5 Å². The van der Waals surface area contributed by atoms with Gasteiger partial charge in [0.2, 0.25) is 0 Å². The molecule has 0 aliphatic carbocycles. The Morgan fingerprint density at radius 2 is 1.91 bits per heavy atom. The van der Waals surface area contributed by atoms with Gasteiger partial charge in [-0.3, -0.25) is 9.97 Å². The summed E-state index contributed by atoms with van der Waals surface area (Å²) < 4.78 is -0.122. The smallest absolute Gasteiger partial charge is 0.0537 e. The number of thiol groups is 1. The third-order valence-electron chi connectivity index (χ3n) is 3.97. The summed E-state index contributed by atoms with van der Waals surface area (Å²) in [7, 11) is 1.56. The van der Waals surface area contributed by atoms with Crippen LogP contribution in [-0.2, 0) is 16.6 Å². The highest BCUT2D eigenvalue weighted by Crippen LogP contribution is 2.41. The number of aromatic nitrogens is 2. The van der Waals surface area contributed by atoms with Gasteiger partial charge >= 0.3 is 0 Å². The molecule has 0 fully saturated rings. The van der Waals surface area contributed by atoms with Gasteiger partial charge in [0, 0.05) is 24.3 Å². The Morgan fingerprint density at radius 3 is 2.45 bits per heavy atom. The van der Waals surface area contributed by atoms with Gasteiger partial charge in [0.25, 0.3) is 0 Å². The van der Waals surface area contributed by atoms with Crippen molar-refractivity contribution in [1.82, 2.24) is 9.97 Å². The Bertz CT molecular complexity index is 635. The minimum atomic E-state index is -0.122. The second-order valence-corrected chi connectivity index (χ2v) is 8.60. The Hall–Kier alpha value is -1.00. The molecule has 0 aliphatic heterocycles. The predicted molar refractivity (Wildman–Crippen MR) is 99.5 cm³/mol. The molecular weight excluding hydrogens is 308 g/mol. The molecule has 1 unspecified atom stereocenters. The van der Waals surface area contributed by atoms with Crippen molar-refractivity contribution < 1.29 is 0 Å². The van der Waals surface area contributed by atoms with Crippen LogP contribution in [0.2, 0.25) is 0 Å². The molecule has 0 aliphatic rings. The third-order valence-corrected chi connectivity index (χ3v) is 5.96. The van der Waals surface area contributed by atoms with E-state index in [4.69, 9.17) is 0 Å². The number of hydrogen-bond acceptors (Lipinski definition) is 4. The number of aryl methyl sites for hydroxylation is 1. The molecule has 0 N–H and O–H groups in total. The first kappa shape index (κ1) is 17.4. The summed E-state index contributed by atoms with van der Waals surface area (Å²) in [6.45, 7) is 11.0. The lowest BCUT2D eigenvalue weighted by atomic mass is 9.84. The first-order valence-electron chi connectivity index (χ1n) is 7.45. The first-order valence-corrected chi connectivity index (χ1v) is 9.32. The molecule has 0 spiro atoms. The highest BCUT2D eigenvalue weighted by Gasteiger charge is 2.28. The molecule has 0 amide bonds. The van der Waals surface area contributed by atoms with Gasteiger partial charge in [-0.1, -0.05) is 43.7 Å². The van der Waals surface area contributed by atoms with Crippen LogP contribution in [0, 0.1) is 6.92 Å². The van der Waals surface area contributed by atoms with Crippen molar-refractivity contribution in [1.29, 1.82) is 0 Å². The van der Waals surface area contributed by atoms with Crippen LogP contribution < -0.4 is 0 Å². The van der Waals surface area contributed by atoms with E-state index >= 15 is 0 Å². The second kappa shape index (κ2) is 6.63. The van der Waals surface area contributed by atoms with Gasteiger partial charge in [0.15, 0.2) is 0 Å². The minimum Gasteiger partial charge on any atom is -0.264 e. The van der Waals surface area contributed by atoms with E-state index in [2.05, 4.69) is 68.4 Å². The summed E-state index contributed by atoms with van der Waals surface area (Å²) in [5, 5.41) is 0. The summed E-state index contributed by atoms with van der Waals surface area (Å²) in [6.07, 6.45) is 6.60. The summed E-state index contributed by atoms with van der Waals surface area (Å²) in [6, 6.07) is 6.38. The van der Waals surface area contributed by atoms with Gasteiger partial charge in [0.1, 0.15) is 0 Å². The quantitative estimate of drug-likeness (QED) is 0.621. The zero-order valence-electron chi connectivity index (χ0n) is 13.9. The third kappa shape index (κ3) is 3.85. The first-order chi connectivity index (χ1) is 10.3. The average molecular weight is 333 g/mol. The molecule has 1 atom stereocenters. The zero-order valence-corrected chi connectivity index (χ0v) is 15.6. The lowest BCUT2D eigenvalue weighted by Crippen LogP contribution is -2.21. The maximum absolute atomic E-state index is 4.61. The van der Waals surface area contributed by atoms with Gasteiger partial charge in [-0.05, 0) is 48.4 Å². The Kier molecular flexibility index (Phi) is 5.23. The van der Waals surface area contributed by atoms with Gasteiger partial charge in [-0.25, -0.2) is 0 Å². The maximum atomic E-state index is 4.61. The van der Waals surface area contributed by atoms with Crippen LogP contribution in [0.15, 0.2) is 36.8 Å². The van der Waals surface area contributed by atoms with E-state index < -0.39 is 0 Å². The molecule has 0 aromatic carbocycles. The molecule has 0 bridgehead atoms. The monoisotopic (exact) mass is 332 g/mol. The molecule has 118 valence electrons. The van der Waals surface area contributed by atoms with Crippen molar-refractivity contribution in [3.8, 4) is 0 Å². The molecule has 2 rings (SSSR count). The van der Waals surface area contributed by atoms with Crippen LogP contribution in [-0.4, -0.2) is 9.97 Å². The van der Waals surface area contributed by atoms with Crippen LogP contribution in [0.1, 0.15) is 50.1 Å². The van der Waals surface area contributed by atoms with E-state index in [1.165, 1.54) is 16.7 Å². The fraction of sp³-hybridized carbons (Fsp3) is 0.444. The van der Waals surface area contributed by atoms with E-state index in [1.54, 1.807) is 17.0 Å². The summed E-state index contributed by atoms with van der Waals surface area (Å²) in [5.74, 6) is 0. The molecule has 0 radical (unpaired) electrons. The van der Waals surface area contributed by atoms with Crippen LogP contribution in [0.5, 0.6) is 0 Å². The topological polar surface area (TPSA) is 25.8 Å². The fourth-order valence-electron chi connectivity index (χ4n) is 2.68. The molecule has 2 heterocycles. The molecule has 2 nitrogen and oxygen atoms in total. The minimum absolute atomic E-state index is 0.103. The number of hydrogen-bond donors (Lipinski definition) is 1. The Labute approximate surface area is 143 Å². The Balaban J connectivity index is 2.37. The number of nitrogens with zero attached hydrogens (tertiary/aromatic N) is 2. The lowest BCUT2D eigenvalue weighted by molar-refractivity contribution is 0.579. The van der Waals surface area contributed by atoms with Crippen LogP contribution >= 0.6 is 22.5 Å². The molecule has 2 aromatic heterocycles. The largest absolute Gasteiger partial charge is 0.264 e. The van der Waals surface area contributed by atoms with Crippen molar-refractivity contribution in [3.63, 3.8) is 0 Å². The number of pyridine rings is 2. The van der Waals surface area contributed by atoms with Gasteiger partial charge < -0.3 is 0 Å². The van der Waals surface area contributed by atoms with Gasteiger partial charge in [-0.2, -0.15) is 0 Å². The van der Waals surface area contributed by atoms with Crippen molar-refractivity contribution in [2.75, 3.05) is 0 Å². The van der Waals surface area contributed by atoms with E-state index in [-0.39, 0.29) is 10.2 Å². The molecule has 4 heteroatoms. The van der Waals surface area contributed by atoms with Crippen molar-refractivity contribution in [2.24, 2.45) is 0 Å². The van der Waals surface area contributed by atoms with Crippen LogP contribution in [0.3, 0.4) is 0 Å². The molecule has 22 heavy (non-hydrogen) atoms. The predicted octanol–water partition coefficient (Wildman–Crippen LogP) is 5.12. The molecule has 0 saturated carbocycles. The molecule has 2 aromatic rings. The van der Waals surface area contributed by atoms with Crippen molar-refractivity contribution in [2.45, 2.75) is 51.2 Å². The highest BCUT2D eigenvalue weighted by molar-refractivity contribution is 8.69. The Morgan fingerprint density at radius 1 is 1.18 bits per heavy atom. The van der Waals surface area contributed by atoms with Crippen LogP contribution in [0.25, 0.3) is 0 Å². The van der Waals surface area contributed by atoms with E-state index in [0.717, 1.165) is 12.1 Å². The second-order valence-electron chi connectivity index (χ2n) is 6.97. The SMILES string of the molecule is Cc1ncc(CC(C)(SS)c2cccnc2)cc1C(C)(C)C. The highest BCUT2D eigenvalue weighted by atomic mass is 33.1. The van der Waals surface area contributed by atoms with Gasteiger partial charge in [-0.15, -0.1) is 11.7 Å². The van der Waals surface area contributed by atoms with E-state index in [1.807, 2.05) is 18.5 Å². The van der Waals surface area contributed by atoms with Crippen molar-refractivity contribution in [3.05, 3.63) is 59.2 Å². The normalized spacial score (nSPS) is 14.6. The van der Waals surface area contributed by atoms with Crippen LogP contribution in [0.4, 0.5) is 0 Å². The standard InChI is InChI=1S/C18H24N2S2/c1-13-16(17(2,3)4)9-14(11-20-13)10-18(5,22-21)15-7-6-8-19-12-15/h6-9,11-12,21H,10H2,1-5H3. The summed E-state index contributed by atoms with van der Waals surface area (Å²) in [5.41, 5.74) is 4.95. The van der Waals surface area contributed by atoms with E-state index in [9.17, 15) is 0 Å². The lowest BCUT2D eigenvalue weighted by Gasteiger charge is -2.28. The average Bonchev–Trinajstić information content (AvgIpc) is 2.49.